The fourth-order valence-corrected chi connectivity index (χ4v) is 3.10. The van der Waals surface area contributed by atoms with Gasteiger partial charge < -0.3 is 5.73 Å². The van der Waals surface area contributed by atoms with Crippen molar-refractivity contribution in [1.29, 1.82) is 0 Å². The summed E-state index contributed by atoms with van der Waals surface area (Å²) in [6.07, 6.45) is 6.96. The average Bonchev–Trinajstić information content (AvgIpc) is 2.36. The van der Waals surface area contributed by atoms with Crippen LogP contribution in [0.15, 0.2) is 30.3 Å². The Morgan fingerprint density at radius 1 is 1.11 bits per heavy atom. The smallest absolute Gasteiger partial charge is 0.158 e. The number of allylic oxidation sites excluding steroid dienone is 1. The first-order chi connectivity index (χ1) is 9.04. The van der Waals surface area contributed by atoms with Crippen molar-refractivity contribution in [2.75, 3.05) is 5.73 Å². The number of ketones is 1. The van der Waals surface area contributed by atoms with Crippen LogP contribution in [-0.4, -0.2) is 5.78 Å². The van der Waals surface area contributed by atoms with E-state index < -0.39 is 0 Å². The number of anilines is 1. The predicted molar refractivity (Wildman–Crippen MR) is 80.6 cm³/mol. The van der Waals surface area contributed by atoms with E-state index >= 15 is 0 Å². The van der Waals surface area contributed by atoms with Gasteiger partial charge in [-0.15, -0.1) is 0 Å². The molecule has 1 saturated carbocycles. The van der Waals surface area contributed by atoms with Crippen molar-refractivity contribution < 1.29 is 4.79 Å². The molecule has 0 amide bonds. The number of carbonyl (C=O) groups excluding carboxylic acids is 1. The van der Waals surface area contributed by atoms with Gasteiger partial charge in [-0.25, -0.2) is 0 Å². The Balaban J connectivity index is 1.98. The maximum absolute atomic E-state index is 12.2. The van der Waals surface area contributed by atoms with Crippen LogP contribution in [0.1, 0.15) is 38.7 Å². The summed E-state index contributed by atoms with van der Waals surface area (Å²) in [6, 6.07) is 7.58. The summed E-state index contributed by atoms with van der Waals surface area (Å²) >= 11 is 0. The summed E-state index contributed by atoms with van der Waals surface area (Å²) in [7, 11) is 0. The zero-order chi connectivity index (χ0) is 13.8. The quantitative estimate of drug-likeness (QED) is 0.658. The van der Waals surface area contributed by atoms with Crippen LogP contribution < -0.4 is 5.73 Å². The van der Waals surface area contributed by atoms with Gasteiger partial charge in [-0.05, 0) is 54.9 Å². The van der Waals surface area contributed by atoms with E-state index in [0.717, 1.165) is 24.1 Å². The normalized spacial score (nSPS) is 27.6. The highest BCUT2D eigenvalue weighted by atomic mass is 16.1. The molecule has 2 heteroatoms. The van der Waals surface area contributed by atoms with Gasteiger partial charge in [0.05, 0.1) is 0 Å². The second-order valence-electron chi connectivity index (χ2n) is 6.02. The molecule has 0 bridgehead atoms. The minimum Gasteiger partial charge on any atom is -0.399 e. The highest BCUT2D eigenvalue weighted by Gasteiger charge is 2.27. The van der Waals surface area contributed by atoms with Crippen LogP contribution in [0.2, 0.25) is 0 Å². The van der Waals surface area contributed by atoms with Gasteiger partial charge in [-0.3, -0.25) is 4.79 Å². The van der Waals surface area contributed by atoms with Crippen molar-refractivity contribution in [3.05, 3.63) is 35.9 Å². The first-order valence-electron chi connectivity index (χ1n) is 7.12. The van der Waals surface area contributed by atoms with Crippen LogP contribution in [0.4, 0.5) is 5.69 Å². The van der Waals surface area contributed by atoms with Crippen LogP contribution in [-0.2, 0) is 4.79 Å². The number of benzene rings is 1. The minimum absolute atomic E-state index is 0.212. The third-order valence-electron chi connectivity index (χ3n) is 3.96. The highest BCUT2D eigenvalue weighted by molar-refractivity contribution is 5.95. The van der Waals surface area contributed by atoms with Crippen molar-refractivity contribution in [2.24, 2.45) is 17.8 Å². The van der Waals surface area contributed by atoms with Crippen molar-refractivity contribution in [3.63, 3.8) is 0 Å². The van der Waals surface area contributed by atoms with Gasteiger partial charge in [-0.2, -0.15) is 0 Å². The molecule has 2 unspecified atom stereocenters. The van der Waals surface area contributed by atoms with E-state index in [2.05, 4.69) is 13.8 Å². The van der Waals surface area contributed by atoms with Gasteiger partial charge in [0, 0.05) is 11.6 Å². The standard InChI is InChI=1S/C17H23NO/c1-12-9-13(2)11-15(10-12)17(19)8-5-14-3-6-16(18)7-4-14/h3-8,12-13,15H,9-11,18H2,1-2H3/b8-5+. The van der Waals surface area contributed by atoms with Crippen molar-refractivity contribution in [2.45, 2.75) is 33.1 Å². The van der Waals surface area contributed by atoms with Crippen LogP contribution in [0.3, 0.4) is 0 Å². The van der Waals surface area contributed by atoms with E-state index in [4.69, 9.17) is 5.73 Å². The molecule has 2 nitrogen and oxygen atoms in total. The Morgan fingerprint density at radius 3 is 2.26 bits per heavy atom. The number of hydrogen-bond donors (Lipinski definition) is 1. The fraction of sp³-hybridized carbons (Fsp3) is 0.471. The van der Waals surface area contributed by atoms with E-state index in [1.807, 2.05) is 30.3 Å². The Hall–Kier alpha value is -1.57. The molecule has 1 fully saturated rings. The summed E-state index contributed by atoms with van der Waals surface area (Å²) in [5, 5.41) is 0. The number of nitrogen functional groups attached to an aromatic ring is 1. The van der Waals surface area contributed by atoms with Gasteiger partial charge in [0.15, 0.2) is 5.78 Å². The van der Waals surface area contributed by atoms with Crippen molar-refractivity contribution >= 4 is 17.5 Å². The number of nitrogens with two attached hydrogens (primary N) is 1. The van der Waals surface area contributed by atoms with Crippen LogP contribution in [0.5, 0.6) is 0 Å². The minimum atomic E-state index is 0.212. The molecule has 19 heavy (non-hydrogen) atoms. The first-order valence-corrected chi connectivity index (χ1v) is 7.12. The van der Waals surface area contributed by atoms with E-state index in [9.17, 15) is 4.79 Å². The van der Waals surface area contributed by atoms with E-state index in [1.54, 1.807) is 6.08 Å². The second-order valence-corrected chi connectivity index (χ2v) is 6.02. The SMILES string of the molecule is CC1CC(C)CC(C(=O)/C=C/c2ccc(N)cc2)C1. The molecule has 102 valence electrons. The zero-order valence-electron chi connectivity index (χ0n) is 11.8. The Bertz CT molecular complexity index is 451. The van der Waals surface area contributed by atoms with Crippen LogP contribution in [0.25, 0.3) is 6.08 Å². The molecule has 0 spiro atoms. The largest absolute Gasteiger partial charge is 0.399 e. The van der Waals surface area contributed by atoms with Gasteiger partial charge in [0.2, 0.25) is 0 Å². The maximum atomic E-state index is 12.2. The molecule has 0 radical (unpaired) electrons. The second kappa shape index (κ2) is 6.05. The Kier molecular flexibility index (Phi) is 4.41. The first kappa shape index (κ1) is 13.9. The third-order valence-corrected chi connectivity index (χ3v) is 3.96. The summed E-state index contributed by atoms with van der Waals surface area (Å²) < 4.78 is 0. The lowest BCUT2D eigenvalue weighted by atomic mass is 9.75. The van der Waals surface area contributed by atoms with Crippen molar-refractivity contribution in [1.82, 2.24) is 0 Å². The molecule has 2 N–H and O–H groups in total. The number of rotatable bonds is 3. The molecular formula is C17H23NO. The zero-order valence-corrected chi connectivity index (χ0v) is 11.8. The summed E-state index contributed by atoms with van der Waals surface area (Å²) in [5.41, 5.74) is 7.41. The number of carbonyl (C=O) groups is 1. The van der Waals surface area contributed by atoms with Crippen molar-refractivity contribution in [3.8, 4) is 0 Å². The lowest BCUT2D eigenvalue weighted by Crippen LogP contribution is -2.24. The van der Waals surface area contributed by atoms with E-state index in [0.29, 0.717) is 11.8 Å². The molecule has 0 saturated heterocycles. The lowest BCUT2D eigenvalue weighted by Gasteiger charge is -2.29. The summed E-state index contributed by atoms with van der Waals surface area (Å²) in [4.78, 5) is 12.2. The molecule has 1 aromatic rings. The lowest BCUT2D eigenvalue weighted by molar-refractivity contribution is -0.120. The fourth-order valence-electron chi connectivity index (χ4n) is 3.10. The molecule has 0 heterocycles. The van der Waals surface area contributed by atoms with Crippen LogP contribution in [0, 0.1) is 17.8 Å². The molecule has 0 aromatic heterocycles. The average molecular weight is 257 g/mol. The summed E-state index contributed by atoms with van der Waals surface area (Å²) in [6.45, 7) is 4.50. The number of hydrogen-bond acceptors (Lipinski definition) is 2. The van der Waals surface area contributed by atoms with Gasteiger partial charge >= 0.3 is 0 Å². The third kappa shape index (κ3) is 3.95. The topological polar surface area (TPSA) is 43.1 Å². The highest BCUT2D eigenvalue weighted by Crippen LogP contribution is 2.33. The van der Waals surface area contributed by atoms with Gasteiger partial charge in [-0.1, -0.05) is 32.1 Å². The Labute approximate surface area is 115 Å². The van der Waals surface area contributed by atoms with Gasteiger partial charge in [0.25, 0.3) is 0 Å². The molecule has 1 aromatic carbocycles. The molecule has 1 aliphatic carbocycles. The Morgan fingerprint density at radius 2 is 1.68 bits per heavy atom. The molecule has 2 atom stereocenters. The monoisotopic (exact) mass is 257 g/mol. The van der Waals surface area contributed by atoms with Crippen LogP contribution >= 0.6 is 0 Å². The molecule has 2 rings (SSSR count). The van der Waals surface area contributed by atoms with E-state index in [1.165, 1.54) is 6.42 Å². The maximum Gasteiger partial charge on any atom is 0.158 e. The molecule has 0 aliphatic heterocycles. The van der Waals surface area contributed by atoms with E-state index in [-0.39, 0.29) is 11.7 Å². The molecule has 1 aliphatic rings. The summed E-state index contributed by atoms with van der Waals surface area (Å²) in [5.74, 6) is 1.82. The predicted octanol–water partition coefficient (Wildman–Crippen LogP) is 3.92. The molecular weight excluding hydrogens is 234 g/mol. The van der Waals surface area contributed by atoms with Gasteiger partial charge in [0.1, 0.15) is 0 Å².